The minimum atomic E-state index is -0.244. The van der Waals surface area contributed by atoms with Gasteiger partial charge in [-0.25, -0.2) is 4.39 Å². The molecule has 112 valence electrons. The molecule has 0 amide bonds. The van der Waals surface area contributed by atoms with Crippen LogP contribution < -0.4 is 10.1 Å². The molecule has 0 radical (unpaired) electrons. The summed E-state index contributed by atoms with van der Waals surface area (Å²) in [7, 11) is 3.50. The van der Waals surface area contributed by atoms with Gasteiger partial charge in [-0.15, -0.1) is 0 Å². The molecular weight excluding hydrogens is 289 g/mol. The van der Waals surface area contributed by atoms with Crippen LogP contribution in [-0.2, 0) is 6.42 Å². The van der Waals surface area contributed by atoms with Crippen LogP contribution in [0.2, 0.25) is 5.02 Å². The lowest BCUT2D eigenvalue weighted by molar-refractivity contribution is 0.400. The molecular formula is C17H19ClFNO. The molecule has 0 bridgehead atoms. The highest BCUT2D eigenvalue weighted by Gasteiger charge is 2.17. The molecule has 0 aliphatic rings. The van der Waals surface area contributed by atoms with Gasteiger partial charge in [0, 0.05) is 16.6 Å². The Bertz CT molecular complexity index is 630. The number of rotatable bonds is 5. The monoisotopic (exact) mass is 307 g/mol. The second-order valence-corrected chi connectivity index (χ2v) is 5.46. The summed E-state index contributed by atoms with van der Waals surface area (Å²) >= 11 is 5.96. The number of aryl methyl sites for hydroxylation is 1. The topological polar surface area (TPSA) is 21.3 Å². The van der Waals surface area contributed by atoms with Crippen molar-refractivity contribution in [1.82, 2.24) is 5.32 Å². The summed E-state index contributed by atoms with van der Waals surface area (Å²) in [6, 6.07) is 10.6. The van der Waals surface area contributed by atoms with E-state index in [9.17, 15) is 4.39 Å². The first kappa shape index (κ1) is 15.8. The first-order chi connectivity index (χ1) is 10.0. The highest BCUT2D eigenvalue weighted by atomic mass is 35.5. The SMILES string of the molecule is CNC(Cc1cc(Cl)ccc1F)c1cc(C)ccc1OC. The Kier molecular flexibility index (Phi) is 5.21. The lowest BCUT2D eigenvalue weighted by atomic mass is 9.96. The van der Waals surface area contributed by atoms with Gasteiger partial charge < -0.3 is 10.1 Å². The average Bonchev–Trinajstić information content (AvgIpc) is 2.48. The number of nitrogens with one attached hydrogen (secondary N) is 1. The highest BCUT2D eigenvalue weighted by Crippen LogP contribution is 2.29. The molecule has 4 heteroatoms. The van der Waals surface area contributed by atoms with Gasteiger partial charge in [-0.1, -0.05) is 29.3 Å². The van der Waals surface area contributed by atoms with Crippen molar-refractivity contribution >= 4 is 11.6 Å². The van der Waals surface area contributed by atoms with Crippen LogP contribution in [0.15, 0.2) is 36.4 Å². The molecule has 1 atom stereocenters. The smallest absolute Gasteiger partial charge is 0.126 e. The fourth-order valence-corrected chi connectivity index (χ4v) is 2.61. The zero-order chi connectivity index (χ0) is 15.4. The summed E-state index contributed by atoms with van der Waals surface area (Å²) in [4.78, 5) is 0. The maximum absolute atomic E-state index is 13.9. The van der Waals surface area contributed by atoms with Crippen molar-refractivity contribution in [3.8, 4) is 5.75 Å². The molecule has 2 aromatic rings. The van der Waals surface area contributed by atoms with E-state index in [1.807, 2.05) is 26.1 Å². The van der Waals surface area contributed by atoms with Crippen molar-refractivity contribution < 1.29 is 9.13 Å². The zero-order valence-corrected chi connectivity index (χ0v) is 13.2. The lowest BCUT2D eigenvalue weighted by Crippen LogP contribution is -2.20. The lowest BCUT2D eigenvalue weighted by Gasteiger charge is -2.20. The van der Waals surface area contributed by atoms with Gasteiger partial charge in [0.05, 0.1) is 7.11 Å². The van der Waals surface area contributed by atoms with Gasteiger partial charge >= 0.3 is 0 Å². The number of hydrogen-bond acceptors (Lipinski definition) is 2. The minimum Gasteiger partial charge on any atom is -0.496 e. The number of ether oxygens (including phenoxy) is 1. The number of likely N-dealkylation sites (N-methyl/N-ethyl adjacent to an activating group) is 1. The normalized spacial score (nSPS) is 12.2. The molecule has 21 heavy (non-hydrogen) atoms. The first-order valence-corrected chi connectivity index (χ1v) is 7.18. The third-order valence-electron chi connectivity index (χ3n) is 3.54. The van der Waals surface area contributed by atoms with Crippen molar-refractivity contribution in [1.29, 1.82) is 0 Å². The van der Waals surface area contributed by atoms with Crippen LogP contribution in [-0.4, -0.2) is 14.2 Å². The largest absolute Gasteiger partial charge is 0.496 e. The van der Waals surface area contributed by atoms with Crippen LogP contribution in [0.1, 0.15) is 22.7 Å². The van der Waals surface area contributed by atoms with E-state index in [4.69, 9.17) is 16.3 Å². The van der Waals surface area contributed by atoms with Crippen LogP contribution in [0.5, 0.6) is 5.75 Å². The predicted molar refractivity (Wildman–Crippen MR) is 84.6 cm³/mol. The van der Waals surface area contributed by atoms with E-state index in [-0.39, 0.29) is 11.9 Å². The molecule has 1 unspecified atom stereocenters. The summed E-state index contributed by atoms with van der Waals surface area (Å²) in [6.07, 6.45) is 0.503. The van der Waals surface area contributed by atoms with Crippen LogP contribution >= 0.6 is 11.6 Å². The summed E-state index contributed by atoms with van der Waals surface area (Å²) in [5.74, 6) is 0.550. The van der Waals surface area contributed by atoms with E-state index in [1.54, 1.807) is 19.2 Å². The Labute approximate surface area is 129 Å². The number of benzene rings is 2. The van der Waals surface area contributed by atoms with E-state index in [0.29, 0.717) is 17.0 Å². The average molecular weight is 308 g/mol. The Morgan fingerprint density at radius 3 is 2.67 bits per heavy atom. The first-order valence-electron chi connectivity index (χ1n) is 6.81. The number of methoxy groups -OCH3 is 1. The summed E-state index contributed by atoms with van der Waals surface area (Å²) in [5.41, 5.74) is 2.74. The number of halogens is 2. The van der Waals surface area contributed by atoms with Gasteiger partial charge in [-0.3, -0.25) is 0 Å². The fraction of sp³-hybridized carbons (Fsp3) is 0.294. The van der Waals surface area contributed by atoms with Crippen molar-refractivity contribution in [2.24, 2.45) is 0 Å². The molecule has 0 fully saturated rings. The maximum atomic E-state index is 13.9. The van der Waals surface area contributed by atoms with Crippen LogP contribution in [0.3, 0.4) is 0 Å². The van der Waals surface area contributed by atoms with Crippen molar-refractivity contribution in [3.63, 3.8) is 0 Å². The van der Waals surface area contributed by atoms with Crippen LogP contribution in [0.25, 0.3) is 0 Å². The minimum absolute atomic E-state index is 0.0483. The van der Waals surface area contributed by atoms with Crippen molar-refractivity contribution in [3.05, 3.63) is 63.9 Å². The molecule has 2 rings (SSSR count). The van der Waals surface area contributed by atoms with Gasteiger partial charge in [-0.05, 0) is 50.2 Å². The Hall–Kier alpha value is -1.58. The molecule has 0 spiro atoms. The molecule has 0 aliphatic carbocycles. The second kappa shape index (κ2) is 6.92. The quantitative estimate of drug-likeness (QED) is 0.889. The van der Waals surface area contributed by atoms with Crippen molar-refractivity contribution in [2.75, 3.05) is 14.2 Å². The van der Waals surface area contributed by atoms with E-state index in [0.717, 1.165) is 16.9 Å². The summed E-state index contributed by atoms with van der Waals surface area (Å²) in [6.45, 7) is 2.02. The number of hydrogen-bond donors (Lipinski definition) is 1. The molecule has 0 heterocycles. The summed E-state index contributed by atoms with van der Waals surface area (Å²) in [5, 5.41) is 3.77. The Balaban J connectivity index is 2.36. The Morgan fingerprint density at radius 2 is 2.00 bits per heavy atom. The standard InChI is InChI=1S/C17H19ClFNO/c1-11-4-7-17(21-3)14(8-11)16(20-2)10-12-9-13(18)5-6-15(12)19/h4-9,16,20H,10H2,1-3H3. The fourth-order valence-electron chi connectivity index (χ4n) is 2.41. The molecule has 0 saturated heterocycles. The van der Waals surface area contributed by atoms with Crippen LogP contribution in [0.4, 0.5) is 4.39 Å². The van der Waals surface area contributed by atoms with Gasteiger partial charge in [0.15, 0.2) is 0 Å². The van der Waals surface area contributed by atoms with Gasteiger partial charge in [0.2, 0.25) is 0 Å². The highest BCUT2D eigenvalue weighted by molar-refractivity contribution is 6.30. The third-order valence-corrected chi connectivity index (χ3v) is 3.78. The molecule has 0 saturated carbocycles. The second-order valence-electron chi connectivity index (χ2n) is 5.03. The van der Waals surface area contributed by atoms with E-state index in [1.165, 1.54) is 6.07 Å². The molecule has 1 N–H and O–H groups in total. The third kappa shape index (κ3) is 3.74. The molecule has 2 aromatic carbocycles. The molecule has 2 nitrogen and oxygen atoms in total. The van der Waals surface area contributed by atoms with E-state index >= 15 is 0 Å². The van der Waals surface area contributed by atoms with Gasteiger partial charge in [0.1, 0.15) is 11.6 Å². The molecule has 0 aliphatic heterocycles. The zero-order valence-electron chi connectivity index (χ0n) is 12.4. The van der Waals surface area contributed by atoms with E-state index < -0.39 is 0 Å². The van der Waals surface area contributed by atoms with Crippen LogP contribution in [0, 0.1) is 12.7 Å². The molecule has 0 aromatic heterocycles. The Morgan fingerprint density at radius 1 is 1.24 bits per heavy atom. The van der Waals surface area contributed by atoms with Gasteiger partial charge in [-0.2, -0.15) is 0 Å². The van der Waals surface area contributed by atoms with Gasteiger partial charge in [0.25, 0.3) is 0 Å². The maximum Gasteiger partial charge on any atom is 0.126 e. The van der Waals surface area contributed by atoms with Crippen molar-refractivity contribution in [2.45, 2.75) is 19.4 Å². The summed E-state index contributed by atoms with van der Waals surface area (Å²) < 4.78 is 19.3. The predicted octanol–water partition coefficient (Wildman–Crippen LogP) is 4.30. The van der Waals surface area contributed by atoms with E-state index in [2.05, 4.69) is 11.4 Å².